The zero-order valence-electron chi connectivity index (χ0n) is 20.1. The van der Waals surface area contributed by atoms with Crippen LogP contribution in [-0.2, 0) is 17.8 Å². The van der Waals surface area contributed by atoms with E-state index in [0.717, 1.165) is 37.0 Å². The molecule has 3 amide bonds. The zero-order valence-corrected chi connectivity index (χ0v) is 20.1. The number of carbonyl (C=O) groups excluding carboxylic acids is 3. The maximum Gasteiger partial charge on any atom is 0.272 e. The number of carbonyl (C=O) groups is 3. The fourth-order valence-electron chi connectivity index (χ4n) is 4.58. The first-order valence-electron chi connectivity index (χ1n) is 12.0. The van der Waals surface area contributed by atoms with Crippen LogP contribution in [0.5, 0.6) is 5.75 Å². The third-order valence-corrected chi connectivity index (χ3v) is 6.85. The monoisotopic (exact) mass is 467 g/mol. The van der Waals surface area contributed by atoms with Gasteiger partial charge >= 0.3 is 0 Å². The molecule has 1 aliphatic heterocycles. The molecule has 9 heteroatoms. The molecule has 2 aromatic rings. The summed E-state index contributed by atoms with van der Waals surface area (Å²) in [6, 6.07) is 9.41. The Balaban J connectivity index is 1.39. The van der Waals surface area contributed by atoms with Gasteiger partial charge in [0.25, 0.3) is 11.8 Å². The molecule has 0 saturated heterocycles. The molecular weight excluding hydrogens is 434 g/mol. The van der Waals surface area contributed by atoms with Gasteiger partial charge in [0.2, 0.25) is 5.91 Å². The molecule has 2 N–H and O–H groups in total. The third kappa shape index (κ3) is 4.78. The summed E-state index contributed by atoms with van der Waals surface area (Å²) in [4.78, 5) is 40.3. The van der Waals surface area contributed by atoms with E-state index in [9.17, 15) is 14.4 Å². The van der Waals surface area contributed by atoms with Crippen LogP contribution in [0, 0.1) is 0 Å². The number of benzene rings is 1. The lowest BCUT2D eigenvalue weighted by molar-refractivity contribution is -0.133. The van der Waals surface area contributed by atoms with Crippen LogP contribution in [0.4, 0.5) is 0 Å². The number of ether oxygens (including phenoxy) is 1. The molecule has 182 valence electrons. The minimum atomic E-state index is -1.07. The molecule has 1 aliphatic carbocycles. The summed E-state index contributed by atoms with van der Waals surface area (Å²) in [5.41, 5.74) is 0.489. The maximum atomic E-state index is 13.1. The summed E-state index contributed by atoms with van der Waals surface area (Å²) >= 11 is 0. The Morgan fingerprint density at radius 2 is 1.91 bits per heavy atom. The number of hydrogen-bond donors (Lipinski definition) is 2. The Morgan fingerprint density at radius 1 is 1.21 bits per heavy atom. The lowest BCUT2D eigenvalue weighted by atomic mass is 9.95. The molecule has 2 aliphatic rings. The van der Waals surface area contributed by atoms with Gasteiger partial charge in [0.05, 0.1) is 13.2 Å². The Bertz CT molecular complexity index is 1060. The van der Waals surface area contributed by atoms with Crippen molar-refractivity contribution in [2.24, 2.45) is 0 Å². The fraction of sp³-hybridized carbons (Fsp3) is 0.520. The number of hydrogen-bond acceptors (Lipinski definition) is 5. The Labute approximate surface area is 199 Å². The summed E-state index contributed by atoms with van der Waals surface area (Å²) in [5.74, 6) is -0.0353. The molecule has 1 aromatic heterocycles. The molecule has 9 nitrogen and oxygen atoms in total. The van der Waals surface area contributed by atoms with Crippen molar-refractivity contribution in [2.45, 2.75) is 64.1 Å². The summed E-state index contributed by atoms with van der Waals surface area (Å²) in [5, 5.41) is 10.3. The molecule has 1 aromatic carbocycles. The van der Waals surface area contributed by atoms with Gasteiger partial charge in [0.1, 0.15) is 17.0 Å². The molecule has 34 heavy (non-hydrogen) atoms. The van der Waals surface area contributed by atoms with Gasteiger partial charge in [0, 0.05) is 25.7 Å². The number of nitrogens with one attached hydrogen (secondary N) is 2. The lowest BCUT2D eigenvalue weighted by Crippen LogP contribution is -2.63. The predicted molar refractivity (Wildman–Crippen MR) is 127 cm³/mol. The van der Waals surface area contributed by atoms with Gasteiger partial charge in [0.15, 0.2) is 5.69 Å². The number of nitrogens with zero attached hydrogens (tertiary/aromatic N) is 3. The smallest absolute Gasteiger partial charge is 0.272 e. The Hall–Kier alpha value is -3.36. The molecule has 1 atom stereocenters. The van der Waals surface area contributed by atoms with E-state index >= 15 is 0 Å². The normalized spacial score (nSPS) is 20.2. The number of likely N-dealkylation sites (N-methyl/N-ethyl adjacent to an activating group) is 1. The van der Waals surface area contributed by atoms with Gasteiger partial charge in [-0.2, -0.15) is 5.10 Å². The molecule has 0 bridgehead atoms. The van der Waals surface area contributed by atoms with Crippen molar-refractivity contribution in [3.05, 3.63) is 47.3 Å². The molecule has 1 unspecified atom stereocenters. The van der Waals surface area contributed by atoms with E-state index < -0.39 is 5.54 Å². The van der Waals surface area contributed by atoms with E-state index in [4.69, 9.17) is 4.74 Å². The molecule has 2 heterocycles. The fourth-order valence-corrected chi connectivity index (χ4v) is 4.58. The van der Waals surface area contributed by atoms with Crippen LogP contribution in [0.1, 0.15) is 66.1 Å². The first-order valence-corrected chi connectivity index (χ1v) is 12.0. The molecule has 1 fully saturated rings. The second-order valence-corrected chi connectivity index (χ2v) is 9.25. The van der Waals surface area contributed by atoms with Crippen LogP contribution >= 0.6 is 0 Å². The van der Waals surface area contributed by atoms with Crippen molar-refractivity contribution in [2.75, 3.05) is 20.2 Å². The number of aromatic nitrogens is 2. The predicted octanol–water partition coefficient (Wildman–Crippen LogP) is 2.16. The van der Waals surface area contributed by atoms with Crippen LogP contribution in [0.15, 0.2) is 30.3 Å². The van der Waals surface area contributed by atoms with Gasteiger partial charge < -0.3 is 20.3 Å². The molecule has 1 saturated carbocycles. The highest BCUT2D eigenvalue weighted by molar-refractivity contribution is 6.01. The van der Waals surface area contributed by atoms with Gasteiger partial charge in [-0.1, -0.05) is 25.0 Å². The zero-order chi connectivity index (χ0) is 24.3. The maximum absolute atomic E-state index is 13.1. The van der Waals surface area contributed by atoms with Crippen LogP contribution in [-0.4, -0.2) is 64.2 Å². The number of fused-ring (bicyclic) bond motifs is 1. The van der Waals surface area contributed by atoms with Gasteiger partial charge in [-0.3, -0.25) is 19.1 Å². The topological polar surface area (TPSA) is 106 Å². The minimum absolute atomic E-state index is 0.156. The van der Waals surface area contributed by atoms with Crippen molar-refractivity contribution < 1.29 is 19.1 Å². The van der Waals surface area contributed by atoms with E-state index in [1.54, 1.807) is 14.0 Å². The van der Waals surface area contributed by atoms with Crippen molar-refractivity contribution in [3.63, 3.8) is 0 Å². The molecule has 0 spiro atoms. The van der Waals surface area contributed by atoms with Crippen LogP contribution in [0.2, 0.25) is 0 Å². The largest absolute Gasteiger partial charge is 0.494 e. The highest BCUT2D eigenvalue weighted by atomic mass is 16.5. The van der Waals surface area contributed by atoms with E-state index in [1.165, 1.54) is 15.6 Å². The SMILES string of the molecule is CCOc1ccc(CCNC(=O)c2cc3n(n2)CC(C)(C(=O)NC2CCCC2)N(C)C3=O)cc1. The van der Waals surface area contributed by atoms with E-state index in [-0.39, 0.29) is 36.0 Å². The van der Waals surface area contributed by atoms with Crippen molar-refractivity contribution in [3.8, 4) is 5.75 Å². The van der Waals surface area contributed by atoms with E-state index in [0.29, 0.717) is 25.3 Å². The van der Waals surface area contributed by atoms with Gasteiger partial charge in [-0.05, 0) is 50.8 Å². The molecular formula is C25H33N5O4. The lowest BCUT2D eigenvalue weighted by Gasteiger charge is -2.41. The summed E-state index contributed by atoms with van der Waals surface area (Å²) in [7, 11) is 1.63. The quantitative estimate of drug-likeness (QED) is 0.619. The summed E-state index contributed by atoms with van der Waals surface area (Å²) < 4.78 is 6.93. The standard InChI is InChI=1S/C25H33N5O4/c1-4-34-19-11-9-17(10-12-19)13-14-26-22(31)20-15-21-23(32)29(3)25(2,16-30(21)28-20)24(33)27-18-7-5-6-8-18/h9-12,15,18H,4-8,13-14,16H2,1-3H3,(H,26,31)(H,27,33). The second-order valence-electron chi connectivity index (χ2n) is 9.25. The first kappa shape index (κ1) is 23.8. The minimum Gasteiger partial charge on any atom is -0.494 e. The van der Waals surface area contributed by atoms with Gasteiger partial charge in [-0.15, -0.1) is 0 Å². The average Bonchev–Trinajstić information content (AvgIpc) is 3.49. The Kier molecular flexibility index (Phi) is 6.90. The number of rotatable bonds is 8. The van der Waals surface area contributed by atoms with Crippen LogP contribution in [0.25, 0.3) is 0 Å². The van der Waals surface area contributed by atoms with Crippen molar-refractivity contribution >= 4 is 17.7 Å². The van der Waals surface area contributed by atoms with Crippen molar-refractivity contribution in [1.82, 2.24) is 25.3 Å². The second kappa shape index (κ2) is 9.87. The molecule has 0 radical (unpaired) electrons. The van der Waals surface area contributed by atoms with Crippen molar-refractivity contribution in [1.29, 1.82) is 0 Å². The molecule has 4 rings (SSSR count). The number of amides is 3. The highest BCUT2D eigenvalue weighted by Crippen LogP contribution is 2.27. The highest BCUT2D eigenvalue weighted by Gasteiger charge is 2.46. The summed E-state index contributed by atoms with van der Waals surface area (Å²) in [6.45, 7) is 4.94. The van der Waals surface area contributed by atoms with E-state index in [1.807, 2.05) is 31.2 Å². The van der Waals surface area contributed by atoms with Gasteiger partial charge in [-0.25, -0.2) is 0 Å². The third-order valence-electron chi connectivity index (χ3n) is 6.85. The van der Waals surface area contributed by atoms with Crippen LogP contribution < -0.4 is 15.4 Å². The van der Waals surface area contributed by atoms with Crippen LogP contribution in [0.3, 0.4) is 0 Å². The first-order chi connectivity index (χ1) is 16.3. The Morgan fingerprint density at radius 3 is 2.59 bits per heavy atom. The van der Waals surface area contributed by atoms with E-state index in [2.05, 4.69) is 15.7 Å². The summed E-state index contributed by atoms with van der Waals surface area (Å²) in [6.07, 6.45) is 4.81. The average molecular weight is 468 g/mol.